The first-order valence-electron chi connectivity index (χ1n) is 16.1. The lowest BCUT2D eigenvalue weighted by Crippen LogP contribution is -2.48. The third-order valence-corrected chi connectivity index (χ3v) is 10.5. The fraction of sp³-hybridized carbons (Fsp3) is 0.735. The molecule has 7 nitrogen and oxygen atoms in total. The van der Waals surface area contributed by atoms with Gasteiger partial charge in [0.1, 0.15) is 6.10 Å². The van der Waals surface area contributed by atoms with E-state index in [0.717, 1.165) is 31.2 Å². The maximum Gasteiger partial charge on any atom is 0.307 e. The lowest BCUT2D eigenvalue weighted by molar-refractivity contribution is -0.231. The molecule has 0 aromatic carbocycles. The first-order chi connectivity index (χ1) is 19.8. The molecule has 2 aliphatic heterocycles. The molecule has 5 rings (SSSR count). The topological polar surface area (TPSA) is 82.1 Å². The summed E-state index contributed by atoms with van der Waals surface area (Å²) in [7, 11) is 1.79. The smallest absolute Gasteiger partial charge is 0.307 e. The number of esters is 1. The van der Waals surface area contributed by atoms with E-state index in [1.165, 1.54) is 19.3 Å². The van der Waals surface area contributed by atoms with Crippen LogP contribution in [-0.4, -0.2) is 60.8 Å². The van der Waals surface area contributed by atoms with Gasteiger partial charge in [-0.2, -0.15) is 0 Å². The monoisotopic (exact) mass is 567 g/mol. The third kappa shape index (κ3) is 6.56. The Morgan fingerprint density at radius 2 is 1.83 bits per heavy atom. The molecular weight excluding hydrogens is 518 g/mol. The van der Waals surface area contributed by atoms with Crippen molar-refractivity contribution in [2.24, 2.45) is 35.5 Å². The largest absolute Gasteiger partial charge is 0.458 e. The number of nitrogens with zero attached hydrogens (tertiary/aromatic N) is 1. The molecule has 41 heavy (non-hydrogen) atoms. The Labute approximate surface area is 245 Å². The Kier molecular flexibility index (Phi) is 9.85. The summed E-state index contributed by atoms with van der Waals surface area (Å²) >= 11 is 0. The van der Waals surface area contributed by atoms with Crippen molar-refractivity contribution in [1.29, 1.82) is 0 Å². The molecule has 0 radical (unpaired) electrons. The van der Waals surface area contributed by atoms with E-state index in [4.69, 9.17) is 14.2 Å². The molecule has 7 heteroatoms. The summed E-state index contributed by atoms with van der Waals surface area (Å²) in [5.74, 6) is 1.03. The van der Waals surface area contributed by atoms with Crippen molar-refractivity contribution in [3.8, 4) is 0 Å². The van der Waals surface area contributed by atoms with Gasteiger partial charge in [0.25, 0.3) is 0 Å². The number of ketones is 1. The number of rotatable bonds is 6. The molecule has 2 saturated heterocycles. The Morgan fingerprint density at radius 3 is 2.59 bits per heavy atom. The highest BCUT2D eigenvalue weighted by molar-refractivity contribution is 5.99. The number of ether oxygens (including phenoxy) is 3. The summed E-state index contributed by atoms with van der Waals surface area (Å²) in [4.78, 5) is 40.5. The van der Waals surface area contributed by atoms with Gasteiger partial charge in [-0.1, -0.05) is 44.6 Å². The Morgan fingerprint density at radius 1 is 1.02 bits per heavy atom. The van der Waals surface area contributed by atoms with Crippen LogP contribution in [0.3, 0.4) is 0 Å². The second-order valence-electron chi connectivity index (χ2n) is 13.0. The van der Waals surface area contributed by atoms with Gasteiger partial charge >= 0.3 is 5.97 Å². The Balaban J connectivity index is 1.39. The van der Waals surface area contributed by atoms with Gasteiger partial charge in [-0.25, -0.2) is 0 Å². The minimum absolute atomic E-state index is 0.0173. The molecule has 1 amide bonds. The summed E-state index contributed by atoms with van der Waals surface area (Å²) in [5, 5.41) is 0. The Bertz CT molecular complexity index is 1050. The van der Waals surface area contributed by atoms with Crippen LogP contribution in [0.15, 0.2) is 36.0 Å². The second kappa shape index (κ2) is 13.4. The van der Waals surface area contributed by atoms with Crippen LogP contribution in [-0.2, 0) is 28.6 Å². The highest BCUT2D eigenvalue weighted by Crippen LogP contribution is 2.53. The number of likely N-dealkylation sites (N-methyl/N-ethyl adjacent to an activating group) is 1. The van der Waals surface area contributed by atoms with Gasteiger partial charge in [0.2, 0.25) is 6.41 Å². The number of hydrogen-bond donors (Lipinski definition) is 0. The van der Waals surface area contributed by atoms with Crippen LogP contribution in [0.4, 0.5) is 0 Å². The van der Waals surface area contributed by atoms with E-state index in [2.05, 4.69) is 31.2 Å². The molecule has 11 atom stereocenters. The standard InChI is InChI=1S/C34H49NO6/c1-5-6-10-24-11-8-13-31(41-33-17-16-30(22(3)39-33)35(4)20-36)21(2)34(38)29-18-27-25-12-7-9-23(25)14-15-26(27)28(29)19-32(37)40-24/h6,10,14-15,18,20-28,30-31,33H,5,7-9,11-13,16-17,19H2,1-4H3/b10-6+/t21?,22-,23?,24?,25?,26?,27?,28?,30+,31?,33+/m1/s1. The number of carbonyl (C=O) groups is 3. The average Bonchev–Trinajstić information content (AvgIpc) is 3.58. The molecule has 3 fully saturated rings. The second-order valence-corrected chi connectivity index (χ2v) is 13.0. The maximum atomic E-state index is 14.3. The van der Waals surface area contributed by atoms with Crippen molar-refractivity contribution in [2.45, 2.75) is 116 Å². The minimum Gasteiger partial charge on any atom is -0.458 e. The summed E-state index contributed by atoms with van der Waals surface area (Å²) in [6.07, 6.45) is 19.1. The molecule has 0 bridgehead atoms. The Hall–Kier alpha value is -2.25. The van der Waals surface area contributed by atoms with Gasteiger partial charge in [0, 0.05) is 25.3 Å². The molecule has 0 N–H and O–H groups in total. The molecule has 3 aliphatic carbocycles. The zero-order valence-corrected chi connectivity index (χ0v) is 25.3. The maximum absolute atomic E-state index is 14.3. The van der Waals surface area contributed by atoms with Crippen LogP contribution < -0.4 is 0 Å². The van der Waals surface area contributed by atoms with E-state index >= 15 is 0 Å². The predicted octanol–water partition coefficient (Wildman–Crippen LogP) is 5.79. The molecule has 5 aliphatic rings. The molecule has 226 valence electrons. The lowest BCUT2D eigenvalue weighted by atomic mass is 9.70. The fourth-order valence-corrected chi connectivity index (χ4v) is 8.22. The number of amides is 1. The van der Waals surface area contributed by atoms with Crippen LogP contribution >= 0.6 is 0 Å². The summed E-state index contributed by atoms with van der Waals surface area (Å²) in [6, 6.07) is 0.0173. The van der Waals surface area contributed by atoms with E-state index in [1.807, 2.05) is 19.9 Å². The molecule has 0 spiro atoms. The molecule has 0 aromatic heterocycles. The molecule has 8 unspecified atom stereocenters. The number of fused-ring (bicyclic) bond motifs is 5. The average molecular weight is 568 g/mol. The van der Waals surface area contributed by atoms with Crippen molar-refractivity contribution < 1.29 is 28.6 Å². The quantitative estimate of drug-likeness (QED) is 0.230. The van der Waals surface area contributed by atoms with Crippen LogP contribution in [0, 0.1) is 35.5 Å². The summed E-state index contributed by atoms with van der Waals surface area (Å²) < 4.78 is 18.9. The first kappa shape index (κ1) is 30.2. The lowest BCUT2D eigenvalue weighted by Gasteiger charge is -2.40. The zero-order valence-electron chi connectivity index (χ0n) is 25.3. The van der Waals surface area contributed by atoms with Gasteiger partial charge in [-0.15, -0.1) is 0 Å². The van der Waals surface area contributed by atoms with E-state index in [0.29, 0.717) is 37.0 Å². The van der Waals surface area contributed by atoms with Crippen LogP contribution in [0.1, 0.15) is 85.0 Å². The van der Waals surface area contributed by atoms with E-state index < -0.39 is 6.29 Å². The van der Waals surface area contributed by atoms with Gasteiger partial charge < -0.3 is 19.1 Å². The number of cyclic esters (lactones) is 1. The van der Waals surface area contributed by atoms with E-state index in [9.17, 15) is 14.4 Å². The predicted molar refractivity (Wildman–Crippen MR) is 157 cm³/mol. The van der Waals surface area contributed by atoms with Gasteiger partial charge in [-0.3, -0.25) is 14.4 Å². The number of allylic oxidation sites excluding steroid dienone is 5. The van der Waals surface area contributed by atoms with Crippen molar-refractivity contribution >= 4 is 18.2 Å². The van der Waals surface area contributed by atoms with E-state index in [-0.39, 0.29) is 60.3 Å². The van der Waals surface area contributed by atoms with Gasteiger partial charge in [-0.05, 0) is 87.2 Å². The third-order valence-electron chi connectivity index (χ3n) is 10.5. The van der Waals surface area contributed by atoms with Crippen molar-refractivity contribution in [1.82, 2.24) is 4.90 Å². The van der Waals surface area contributed by atoms with Crippen LogP contribution in [0.5, 0.6) is 0 Å². The summed E-state index contributed by atoms with van der Waals surface area (Å²) in [6.45, 7) is 6.05. The van der Waals surface area contributed by atoms with Gasteiger partial charge in [0.15, 0.2) is 12.1 Å². The highest BCUT2D eigenvalue weighted by atomic mass is 16.7. The molecule has 1 saturated carbocycles. The van der Waals surface area contributed by atoms with Crippen molar-refractivity contribution in [3.63, 3.8) is 0 Å². The summed E-state index contributed by atoms with van der Waals surface area (Å²) in [5.41, 5.74) is 0.807. The SMILES string of the molecule is CC/C=C/C1CCCC(O[C@H]2CC[C@H](N(C)C=O)[C@@H](C)O2)C(C)C(=O)C2=CC3C(C=CC4CCCC43)C2CC(=O)O1. The molecular formula is C34H49NO6. The van der Waals surface area contributed by atoms with Crippen LogP contribution in [0.25, 0.3) is 0 Å². The number of Topliss-reactive ketones (excluding diaryl/α,β-unsaturated/α-hetero) is 1. The van der Waals surface area contributed by atoms with E-state index in [1.54, 1.807) is 11.9 Å². The molecule has 0 aromatic rings. The first-order valence-corrected chi connectivity index (χ1v) is 16.1. The normalized spacial score (nSPS) is 41.5. The van der Waals surface area contributed by atoms with Crippen LogP contribution in [0.2, 0.25) is 0 Å². The minimum atomic E-state index is -0.416. The van der Waals surface area contributed by atoms with Crippen molar-refractivity contribution in [3.05, 3.63) is 36.0 Å². The molecule has 2 heterocycles. The number of carbonyl (C=O) groups excluding carboxylic acids is 3. The fourth-order valence-electron chi connectivity index (χ4n) is 8.22. The highest BCUT2D eigenvalue weighted by Gasteiger charge is 2.48. The van der Waals surface area contributed by atoms with Gasteiger partial charge in [0.05, 0.1) is 24.7 Å². The number of hydrogen-bond acceptors (Lipinski definition) is 6. The van der Waals surface area contributed by atoms with Crippen molar-refractivity contribution in [2.75, 3.05) is 7.05 Å². The zero-order chi connectivity index (χ0) is 29.1.